The number of fused-ring (bicyclic) bond motifs is 2. The van der Waals surface area contributed by atoms with Gasteiger partial charge >= 0.3 is 5.97 Å². The minimum absolute atomic E-state index is 0.103. The van der Waals surface area contributed by atoms with E-state index in [1.165, 1.54) is 0 Å². The highest BCUT2D eigenvalue weighted by Gasteiger charge is 2.70. The molecule has 5 aliphatic rings. The predicted molar refractivity (Wildman–Crippen MR) is 86.4 cm³/mol. The van der Waals surface area contributed by atoms with Crippen LogP contribution in [0.2, 0.25) is 0 Å². The van der Waals surface area contributed by atoms with Gasteiger partial charge in [0, 0.05) is 18.3 Å². The van der Waals surface area contributed by atoms with E-state index in [0.717, 1.165) is 38.5 Å². The van der Waals surface area contributed by atoms with Crippen LogP contribution < -0.4 is 0 Å². The summed E-state index contributed by atoms with van der Waals surface area (Å²) in [5.41, 5.74) is -0.622. The highest BCUT2D eigenvalue weighted by molar-refractivity contribution is 5.74. The van der Waals surface area contributed by atoms with Crippen molar-refractivity contribution >= 4 is 5.97 Å². The van der Waals surface area contributed by atoms with E-state index in [1.54, 1.807) is 0 Å². The summed E-state index contributed by atoms with van der Waals surface area (Å²) >= 11 is 0. The van der Waals surface area contributed by atoms with Crippen molar-refractivity contribution in [2.24, 2.45) is 29.6 Å². The SMILES string of the molecule is CC(C)CCC1C(=O)OC2OC3(C)CCC4C(C)CCC1C24OO3. The first-order chi connectivity index (χ1) is 11.4. The van der Waals surface area contributed by atoms with Gasteiger partial charge < -0.3 is 9.47 Å². The lowest BCUT2D eigenvalue weighted by Crippen LogP contribution is -2.70. The van der Waals surface area contributed by atoms with Gasteiger partial charge in [-0.25, -0.2) is 9.78 Å². The molecule has 136 valence electrons. The summed E-state index contributed by atoms with van der Waals surface area (Å²) in [5.74, 6) is 0.537. The van der Waals surface area contributed by atoms with Gasteiger partial charge in [0.15, 0.2) is 5.60 Å². The Bertz CT molecular complexity index is 520. The molecule has 7 atom stereocenters. The zero-order chi connectivity index (χ0) is 17.1. The second-order valence-electron chi connectivity index (χ2n) is 8.92. The second kappa shape index (κ2) is 5.68. The molecule has 5 heteroatoms. The number of rotatable bonds is 3. The third-order valence-electron chi connectivity index (χ3n) is 6.84. The van der Waals surface area contributed by atoms with E-state index >= 15 is 0 Å². The monoisotopic (exact) mass is 338 g/mol. The van der Waals surface area contributed by atoms with Crippen molar-refractivity contribution in [1.82, 2.24) is 0 Å². The van der Waals surface area contributed by atoms with Crippen molar-refractivity contribution in [3.63, 3.8) is 0 Å². The lowest BCUT2D eigenvalue weighted by molar-refractivity contribution is -0.559. The molecule has 1 spiro atoms. The van der Waals surface area contributed by atoms with E-state index in [0.29, 0.717) is 17.8 Å². The van der Waals surface area contributed by atoms with Gasteiger partial charge in [-0.3, -0.25) is 4.79 Å². The van der Waals surface area contributed by atoms with Gasteiger partial charge in [0.25, 0.3) is 0 Å². The molecule has 24 heavy (non-hydrogen) atoms. The third-order valence-corrected chi connectivity index (χ3v) is 6.84. The van der Waals surface area contributed by atoms with Crippen LogP contribution in [0.3, 0.4) is 0 Å². The van der Waals surface area contributed by atoms with E-state index in [9.17, 15) is 4.79 Å². The van der Waals surface area contributed by atoms with Crippen LogP contribution in [0.5, 0.6) is 0 Å². The first-order valence-corrected chi connectivity index (χ1v) is 9.61. The summed E-state index contributed by atoms with van der Waals surface area (Å²) < 4.78 is 12.0. The molecule has 0 aromatic heterocycles. The third kappa shape index (κ3) is 2.35. The average Bonchev–Trinajstić information content (AvgIpc) is 2.74. The number of esters is 1. The van der Waals surface area contributed by atoms with E-state index < -0.39 is 17.7 Å². The van der Waals surface area contributed by atoms with Crippen molar-refractivity contribution in [3.05, 3.63) is 0 Å². The molecule has 0 radical (unpaired) electrons. The Hall–Kier alpha value is -0.650. The van der Waals surface area contributed by atoms with E-state index in [-0.39, 0.29) is 17.8 Å². The normalized spacial score (nSPS) is 50.4. The number of ether oxygens (including phenoxy) is 2. The quantitative estimate of drug-likeness (QED) is 0.578. The minimum atomic E-state index is -0.803. The minimum Gasteiger partial charge on any atom is -0.432 e. The molecule has 5 rings (SSSR count). The molecule has 1 saturated carbocycles. The maximum atomic E-state index is 12.7. The van der Waals surface area contributed by atoms with E-state index in [4.69, 9.17) is 19.2 Å². The second-order valence-corrected chi connectivity index (χ2v) is 8.92. The molecule has 2 bridgehead atoms. The molecule has 0 N–H and O–H groups in total. The molecule has 5 fully saturated rings. The number of carbonyl (C=O) groups excluding carboxylic acids is 1. The molecule has 4 aliphatic heterocycles. The topological polar surface area (TPSA) is 54.0 Å². The van der Waals surface area contributed by atoms with Crippen LogP contribution in [0.4, 0.5) is 0 Å². The zero-order valence-corrected chi connectivity index (χ0v) is 15.2. The molecule has 4 heterocycles. The van der Waals surface area contributed by atoms with E-state index in [2.05, 4.69) is 20.8 Å². The summed E-state index contributed by atoms with van der Waals surface area (Å²) in [4.78, 5) is 24.6. The highest BCUT2D eigenvalue weighted by atomic mass is 17.3. The number of hydrogen-bond donors (Lipinski definition) is 0. The zero-order valence-electron chi connectivity index (χ0n) is 15.2. The maximum Gasteiger partial charge on any atom is 0.311 e. The Balaban J connectivity index is 1.71. The summed E-state index contributed by atoms with van der Waals surface area (Å²) in [7, 11) is 0. The Kier molecular flexibility index (Phi) is 3.98. The van der Waals surface area contributed by atoms with Crippen LogP contribution in [0.25, 0.3) is 0 Å². The standard InChI is InChI=1S/C19H30O5/c1-11(2)5-7-13-15-8-6-12(3)14-9-10-18(4)22-17(21-16(13)20)19(14,15)24-23-18/h11-15,17H,5-10H2,1-4H3. The summed E-state index contributed by atoms with van der Waals surface area (Å²) in [6, 6.07) is 0. The van der Waals surface area contributed by atoms with Crippen molar-refractivity contribution in [2.45, 2.75) is 83.9 Å². The molecule has 0 amide bonds. The van der Waals surface area contributed by atoms with Crippen LogP contribution >= 0.6 is 0 Å². The molecular formula is C19H30O5. The van der Waals surface area contributed by atoms with Gasteiger partial charge in [0.2, 0.25) is 12.1 Å². The van der Waals surface area contributed by atoms with Gasteiger partial charge in [0.1, 0.15) is 0 Å². The summed E-state index contributed by atoms with van der Waals surface area (Å²) in [5, 5.41) is 0. The molecule has 0 aromatic carbocycles. The van der Waals surface area contributed by atoms with Crippen molar-refractivity contribution in [1.29, 1.82) is 0 Å². The van der Waals surface area contributed by atoms with Gasteiger partial charge in [-0.2, -0.15) is 0 Å². The smallest absolute Gasteiger partial charge is 0.311 e. The predicted octanol–water partition coefficient (Wildman–Crippen LogP) is 3.81. The Morgan fingerprint density at radius 2 is 1.96 bits per heavy atom. The van der Waals surface area contributed by atoms with Gasteiger partial charge in [-0.05, 0) is 44.4 Å². The van der Waals surface area contributed by atoms with Crippen LogP contribution in [0.1, 0.15) is 66.2 Å². The summed E-state index contributed by atoms with van der Waals surface area (Å²) in [6.45, 7) is 8.56. The molecule has 7 unspecified atom stereocenters. The van der Waals surface area contributed by atoms with Crippen molar-refractivity contribution in [3.8, 4) is 0 Å². The number of hydrogen-bond acceptors (Lipinski definition) is 5. The average molecular weight is 338 g/mol. The van der Waals surface area contributed by atoms with Crippen LogP contribution in [0.15, 0.2) is 0 Å². The van der Waals surface area contributed by atoms with E-state index in [1.807, 2.05) is 6.92 Å². The van der Waals surface area contributed by atoms with Crippen LogP contribution in [0, 0.1) is 29.6 Å². The Morgan fingerprint density at radius 1 is 1.17 bits per heavy atom. The van der Waals surface area contributed by atoms with Gasteiger partial charge in [0.05, 0.1) is 5.92 Å². The molecule has 5 nitrogen and oxygen atoms in total. The van der Waals surface area contributed by atoms with Gasteiger partial charge in [-0.1, -0.05) is 27.2 Å². The number of carbonyl (C=O) groups is 1. The lowest BCUT2D eigenvalue weighted by Gasteiger charge is -2.58. The maximum absolute atomic E-state index is 12.7. The summed E-state index contributed by atoms with van der Waals surface area (Å²) in [6.07, 6.45) is 5.15. The van der Waals surface area contributed by atoms with Crippen LogP contribution in [-0.2, 0) is 24.0 Å². The van der Waals surface area contributed by atoms with Gasteiger partial charge in [-0.15, -0.1) is 0 Å². The molecule has 1 aliphatic carbocycles. The Morgan fingerprint density at radius 3 is 2.71 bits per heavy atom. The van der Waals surface area contributed by atoms with Crippen LogP contribution in [-0.4, -0.2) is 23.6 Å². The molecular weight excluding hydrogens is 308 g/mol. The van der Waals surface area contributed by atoms with Crippen molar-refractivity contribution in [2.75, 3.05) is 0 Å². The first-order valence-electron chi connectivity index (χ1n) is 9.61. The van der Waals surface area contributed by atoms with Crippen molar-refractivity contribution < 1.29 is 24.0 Å². The largest absolute Gasteiger partial charge is 0.432 e. The lowest BCUT2D eigenvalue weighted by atomic mass is 9.57. The fourth-order valence-electron chi connectivity index (χ4n) is 5.45. The fraction of sp³-hybridized carbons (Fsp3) is 0.947. The highest BCUT2D eigenvalue weighted by Crippen LogP contribution is 2.60. The molecule has 4 saturated heterocycles. The Labute approximate surface area is 144 Å². The first kappa shape index (κ1) is 16.8. The molecule has 0 aromatic rings. The fourth-order valence-corrected chi connectivity index (χ4v) is 5.45.